The zero-order chi connectivity index (χ0) is 22.6. The number of phenols is 1. The number of ether oxygens (including phenoxy) is 1. The number of phenolic OH excluding ortho intramolecular Hbond substituents is 1. The number of aromatic nitrogens is 1. The summed E-state index contributed by atoms with van der Waals surface area (Å²) in [6.07, 6.45) is 1.42. The fourth-order valence-electron chi connectivity index (χ4n) is 3.89. The molecule has 1 atom stereocenters. The topological polar surface area (TPSA) is 92.9 Å². The van der Waals surface area contributed by atoms with Crippen LogP contribution in [-0.2, 0) is 0 Å². The highest BCUT2D eigenvalue weighted by Crippen LogP contribution is 2.44. The molecule has 9 heteroatoms. The predicted molar refractivity (Wildman–Crippen MR) is 123 cm³/mol. The van der Waals surface area contributed by atoms with Gasteiger partial charge in [-0.05, 0) is 57.9 Å². The molecule has 2 aromatic heterocycles. The van der Waals surface area contributed by atoms with Crippen LogP contribution in [0.15, 0.2) is 68.4 Å². The van der Waals surface area contributed by atoms with Gasteiger partial charge in [0.05, 0.1) is 33.6 Å². The van der Waals surface area contributed by atoms with Gasteiger partial charge in [0.15, 0.2) is 16.9 Å². The molecule has 0 saturated carbocycles. The normalized spacial score (nSPS) is 15.3. The third-order valence-electron chi connectivity index (χ3n) is 5.32. The molecule has 0 saturated heterocycles. The first-order chi connectivity index (χ1) is 15.4. The fourth-order valence-corrected chi connectivity index (χ4v) is 4.46. The molecule has 3 heterocycles. The molecule has 1 aliphatic heterocycles. The van der Waals surface area contributed by atoms with Gasteiger partial charge in [-0.1, -0.05) is 23.7 Å². The maximum Gasteiger partial charge on any atom is 0.296 e. The molecule has 1 N–H and O–H groups in total. The minimum Gasteiger partial charge on any atom is -0.503 e. The average Bonchev–Trinajstić information content (AvgIpc) is 3.09. The van der Waals surface area contributed by atoms with E-state index >= 15 is 0 Å². The quantitative estimate of drug-likeness (QED) is 0.411. The van der Waals surface area contributed by atoms with Crippen LogP contribution in [0, 0.1) is 0 Å². The van der Waals surface area contributed by atoms with Crippen LogP contribution in [0.3, 0.4) is 0 Å². The zero-order valence-corrected chi connectivity index (χ0v) is 18.8. The number of nitrogens with zero attached hydrogens (tertiary/aromatic N) is 2. The van der Waals surface area contributed by atoms with Crippen LogP contribution in [0.25, 0.3) is 11.0 Å². The predicted octanol–water partition coefficient (Wildman–Crippen LogP) is 5.07. The number of carbonyl (C=O) groups excluding carboxylic acids is 1. The Morgan fingerprint density at radius 2 is 1.97 bits per heavy atom. The van der Waals surface area contributed by atoms with Gasteiger partial charge in [0.2, 0.25) is 5.76 Å². The lowest BCUT2D eigenvalue weighted by Gasteiger charge is -2.25. The van der Waals surface area contributed by atoms with Crippen molar-refractivity contribution in [2.24, 2.45) is 0 Å². The van der Waals surface area contributed by atoms with Crippen molar-refractivity contribution < 1.29 is 19.1 Å². The number of anilines is 1. The second kappa shape index (κ2) is 7.65. The molecule has 160 valence electrons. The van der Waals surface area contributed by atoms with Crippen molar-refractivity contribution in [1.29, 1.82) is 0 Å². The molecule has 0 aliphatic carbocycles. The second-order valence-electron chi connectivity index (χ2n) is 7.14. The number of benzene rings is 2. The Hall–Kier alpha value is -3.36. The van der Waals surface area contributed by atoms with Crippen LogP contribution in [0.1, 0.15) is 27.7 Å². The smallest absolute Gasteiger partial charge is 0.296 e. The van der Waals surface area contributed by atoms with Gasteiger partial charge >= 0.3 is 0 Å². The van der Waals surface area contributed by atoms with Gasteiger partial charge in [0.25, 0.3) is 5.91 Å². The second-order valence-corrected chi connectivity index (χ2v) is 8.43. The Labute approximate surface area is 195 Å². The number of pyridine rings is 1. The average molecular weight is 514 g/mol. The summed E-state index contributed by atoms with van der Waals surface area (Å²) in [5, 5.41) is 11.0. The number of fused-ring (bicyclic) bond motifs is 2. The molecule has 2 aromatic carbocycles. The summed E-state index contributed by atoms with van der Waals surface area (Å²) in [4.78, 5) is 32.7. The summed E-state index contributed by atoms with van der Waals surface area (Å²) in [6, 6.07) is 12.3. The zero-order valence-electron chi connectivity index (χ0n) is 16.5. The van der Waals surface area contributed by atoms with Gasteiger partial charge in [-0.3, -0.25) is 14.5 Å². The monoisotopic (exact) mass is 512 g/mol. The van der Waals surface area contributed by atoms with E-state index < -0.39 is 11.9 Å². The van der Waals surface area contributed by atoms with Crippen LogP contribution in [0.2, 0.25) is 5.02 Å². The van der Waals surface area contributed by atoms with Gasteiger partial charge in [-0.15, -0.1) is 0 Å². The van der Waals surface area contributed by atoms with Crippen molar-refractivity contribution in [3.8, 4) is 11.5 Å². The number of amides is 1. The van der Waals surface area contributed by atoms with Crippen molar-refractivity contribution in [2.75, 3.05) is 12.0 Å². The minimum absolute atomic E-state index is 0.0568. The summed E-state index contributed by atoms with van der Waals surface area (Å²) in [7, 11) is 1.42. The molecule has 0 spiro atoms. The number of carbonyl (C=O) groups is 1. The van der Waals surface area contributed by atoms with Crippen molar-refractivity contribution in [1.82, 2.24) is 4.98 Å². The highest BCUT2D eigenvalue weighted by molar-refractivity contribution is 9.10. The highest BCUT2D eigenvalue weighted by Gasteiger charge is 2.44. The molecule has 0 fully saturated rings. The Morgan fingerprint density at radius 1 is 1.19 bits per heavy atom. The van der Waals surface area contributed by atoms with E-state index in [4.69, 9.17) is 20.8 Å². The molecule has 5 rings (SSSR count). The lowest BCUT2D eigenvalue weighted by Crippen LogP contribution is -2.30. The lowest BCUT2D eigenvalue weighted by atomic mass is 9.98. The van der Waals surface area contributed by atoms with Gasteiger partial charge in [0.1, 0.15) is 11.4 Å². The highest BCUT2D eigenvalue weighted by atomic mass is 79.9. The molecule has 0 unspecified atom stereocenters. The molecule has 4 aromatic rings. The number of aromatic hydroxyl groups is 1. The number of hydrogen-bond donors (Lipinski definition) is 1. The van der Waals surface area contributed by atoms with Crippen molar-refractivity contribution in [2.45, 2.75) is 6.04 Å². The molecular formula is C23H14BrClN2O5. The first kappa shape index (κ1) is 20.5. The summed E-state index contributed by atoms with van der Waals surface area (Å²) < 4.78 is 11.5. The largest absolute Gasteiger partial charge is 0.503 e. The fraction of sp³-hybridized carbons (Fsp3) is 0.0870. The number of methoxy groups -OCH3 is 1. The summed E-state index contributed by atoms with van der Waals surface area (Å²) >= 11 is 9.30. The van der Waals surface area contributed by atoms with Crippen molar-refractivity contribution >= 4 is 50.2 Å². The van der Waals surface area contributed by atoms with Gasteiger partial charge < -0.3 is 14.3 Å². The SMILES string of the molecule is COc1cc([C@H]2c3c(oc4ccccc4c3=O)C(=O)N2c2ccc(Cl)cn2)cc(Br)c1O. The molecule has 0 radical (unpaired) electrons. The molecule has 7 nitrogen and oxygen atoms in total. The van der Waals surface area contributed by atoms with E-state index in [9.17, 15) is 14.7 Å². The maximum absolute atomic E-state index is 13.5. The molecule has 1 amide bonds. The van der Waals surface area contributed by atoms with Gasteiger partial charge in [0, 0.05) is 6.20 Å². The van der Waals surface area contributed by atoms with E-state index in [1.54, 1.807) is 48.5 Å². The Bertz CT molecular complexity index is 1450. The van der Waals surface area contributed by atoms with Crippen LogP contribution < -0.4 is 15.1 Å². The summed E-state index contributed by atoms with van der Waals surface area (Å²) in [6.45, 7) is 0. The van der Waals surface area contributed by atoms with E-state index in [0.29, 0.717) is 31.8 Å². The number of para-hydroxylation sites is 1. The first-order valence-corrected chi connectivity index (χ1v) is 10.6. The lowest BCUT2D eigenvalue weighted by molar-refractivity contribution is 0.0970. The molecule has 32 heavy (non-hydrogen) atoms. The van der Waals surface area contributed by atoms with Crippen LogP contribution in [0.4, 0.5) is 5.82 Å². The molecule has 0 bridgehead atoms. The summed E-state index contributed by atoms with van der Waals surface area (Å²) in [5.41, 5.74) is 0.710. The third-order valence-corrected chi connectivity index (χ3v) is 6.15. The Kier molecular flexibility index (Phi) is 4.91. The van der Waals surface area contributed by atoms with E-state index in [1.165, 1.54) is 18.2 Å². The number of hydrogen-bond acceptors (Lipinski definition) is 6. The number of halogens is 2. The summed E-state index contributed by atoms with van der Waals surface area (Å²) in [5.74, 6) is -0.182. The third kappa shape index (κ3) is 3.06. The van der Waals surface area contributed by atoms with E-state index in [-0.39, 0.29) is 28.3 Å². The maximum atomic E-state index is 13.5. The standard InChI is InChI=1S/C23H14BrClN2O5/c1-31-16-9-11(8-14(24)21(16)29)19-18-20(28)13-4-2-3-5-15(13)32-22(18)23(30)27(19)17-7-6-12(25)10-26-17/h2-10,19,29H,1H3/t19-/m0/s1. The van der Waals surface area contributed by atoms with E-state index in [1.807, 2.05) is 0 Å². The van der Waals surface area contributed by atoms with Gasteiger partial charge in [-0.2, -0.15) is 0 Å². The van der Waals surface area contributed by atoms with E-state index in [0.717, 1.165) is 0 Å². The Morgan fingerprint density at radius 3 is 2.69 bits per heavy atom. The Balaban J connectivity index is 1.83. The van der Waals surface area contributed by atoms with Crippen LogP contribution >= 0.6 is 27.5 Å². The minimum atomic E-state index is -0.863. The molecule has 1 aliphatic rings. The van der Waals surface area contributed by atoms with Gasteiger partial charge in [-0.25, -0.2) is 4.98 Å². The molecular weight excluding hydrogens is 500 g/mol. The van der Waals surface area contributed by atoms with E-state index in [2.05, 4.69) is 20.9 Å². The first-order valence-electron chi connectivity index (χ1n) is 9.48. The van der Waals surface area contributed by atoms with Crippen LogP contribution in [-0.4, -0.2) is 23.1 Å². The van der Waals surface area contributed by atoms with Crippen molar-refractivity contribution in [3.63, 3.8) is 0 Å². The van der Waals surface area contributed by atoms with Crippen LogP contribution in [0.5, 0.6) is 11.5 Å². The van der Waals surface area contributed by atoms with Crippen molar-refractivity contribution in [3.05, 3.63) is 91.3 Å². The number of rotatable bonds is 3.